The van der Waals surface area contributed by atoms with E-state index < -0.39 is 21.7 Å². The zero-order valence-electron chi connectivity index (χ0n) is 16.1. The van der Waals surface area contributed by atoms with Crippen molar-refractivity contribution in [3.8, 4) is 0 Å². The van der Waals surface area contributed by atoms with E-state index >= 15 is 0 Å². The number of hydrogen-bond donors (Lipinski definition) is 0. The number of benzene rings is 1. The van der Waals surface area contributed by atoms with Gasteiger partial charge in [0.15, 0.2) is 5.78 Å². The van der Waals surface area contributed by atoms with Gasteiger partial charge >= 0.3 is 6.09 Å². The van der Waals surface area contributed by atoms with E-state index in [2.05, 4.69) is 0 Å². The minimum atomic E-state index is -3.78. The van der Waals surface area contributed by atoms with Crippen LogP contribution >= 0.6 is 0 Å². The van der Waals surface area contributed by atoms with Gasteiger partial charge in [-0.25, -0.2) is 17.2 Å². The highest BCUT2D eigenvalue weighted by Crippen LogP contribution is 2.16. The molecule has 0 saturated heterocycles. The van der Waals surface area contributed by atoms with Gasteiger partial charge in [0.1, 0.15) is 5.60 Å². The van der Waals surface area contributed by atoms with Crippen LogP contribution in [0.15, 0.2) is 47.6 Å². The van der Waals surface area contributed by atoms with E-state index in [1.165, 1.54) is 37.6 Å². The Labute approximate surface area is 159 Å². The third-order valence-corrected chi connectivity index (χ3v) is 5.32. The van der Waals surface area contributed by atoms with Crippen molar-refractivity contribution >= 4 is 21.9 Å². The lowest BCUT2D eigenvalue weighted by atomic mass is 10.2. The molecule has 0 spiro atoms. The Morgan fingerprint density at radius 2 is 1.70 bits per heavy atom. The second-order valence-corrected chi connectivity index (χ2v) is 9.15. The lowest BCUT2D eigenvalue weighted by Crippen LogP contribution is -2.37. The smallest absolute Gasteiger partial charge is 0.410 e. The van der Waals surface area contributed by atoms with E-state index in [0.717, 1.165) is 14.4 Å². The van der Waals surface area contributed by atoms with Crippen molar-refractivity contribution in [1.82, 2.24) is 8.87 Å². The number of aryl methyl sites for hydroxylation is 1. The molecule has 0 bridgehead atoms. The first-order valence-electron chi connectivity index (χ1n) is 8.38. The number of carbonyl (C=O) groups excluding carboxylic acids is 2. The molecule has 1 amide bonds. The number of Topliss-reactive ketones (excluding diaryl/α,β-unsaturated/α-hetero) is 1. The van der Waals surface area contributed by atoms with Gasteiger partial charge in [-0.05, 0) is 45.9 Å². The molecule has 0 fully saturated rings. The third-order valence-electron chi connectivity index (χ3n) is 3.67. The quantitative estimate of drug-likeness (QED) is 0.730. The molecule has 2 rings (SSSR count). The first kappa shape index (κ1) is 20.7. The summed E-state index contributed by atoms with van der Waals surface area (Å²) < 4.78 is 31.5. The maximum absolute atomic E-state index is 12.6. The maximum atomic E-state index is 12.6. The Kier molecular flexibility index (Phi) is 5.79. The molecule has 0 unspecified atom stereocenters. The van der Waals surface area contributed by atoms with Crippen molar-refractivity contribution in [2.24, 2.45) is 0 Å². The average molecular weight is 392 g/mol. The third kappa shape index (κ3) is 5.19. The van der Waals surface area contributed by atoms with Crippen LogP contribution in [0.5, 0.6) is 0 Å². The highest BCUT2D eigenvalue weighted by atomic mass is 32.2. The largest absolute Gasteiger partial charge is 0.444 e. The van der Waals surface area contributed by atoms with E-state index in [0.29, 0.717) is 0 Å². The van der Waals surface area contributed by atoms with Crippen LogP contribution in [-0.4, -0.2) is 48.4 Å². The van der Waals surface area contributed by atoms with Crippen LogP contribution in [-0.2, 0) is 14.8 Å². The number of amides is 1. The number of rotatable bonds is 5. The molecule has 0 atom stereocenters. The maximum Gasteiger partial charge on any atom is 0.410 e. The minimum Gasteiger partial charge on any atom is -0.444 e. The highest BCUT2D eigenvalue weighted by Gasteiger charge is 2.23. The number of nitrogens with zero attached hydrogens (tertiary/aromatic N) is 2. The minimum absolute atomic E-state index is 0.133. The molecule has 0 radical (unpaired) electrons. The van der Waals surface area contributed by atoms with Crippen LogP contribution in [0.1, 0.15) is 36.7 Å². The van der Waals surface area contributed by atoms with Gasteiger partial charge in [-0.15, -0.1) is 0 Å². The normalized spacial score (nSPS) is 11.9. The molecule has 27 heavy (non-hydrogen) atoms. The summed E-state index contributed by atoms with van der Waals surface area (Å²) in [5.74, 6) is -0.388. The van der Waals surface area contributed by atoms with Gasteiger partial charge < -0.3 is 9.64 Å². The SMILES string of the molecule is Cc1ccc(S(=O)(=O)n2ccc(C(=O)CN(C)C(=O)OC(C)(C)C)c2)cc1. The Morgan fingerprint density at radius 3 is 2.26 bits per heavy atom. The van der Waals surface area contributed by atoms with Crippen LogP contribution in [0, 0.1) is 6.92 Å². The zero-order valence-corrected chi connectivity index (χ0v) is 16.9. The topological polar surface area (TPSA) is 85.7 Å². The average Bonchev–Trinajstić information content (AvgIpc) is 3.04. The molecule has 8 heteroatoms. The molecular formula is C19H24N2O5S. The number of aromatic nitrogens is 1. The lowest BCUT2D eigenvalue weighted by Gasteiger charge is -2.24. The Hall–Kier alpha value is -2.61. The molecule has 2 aromatic rings. The summed E-state index contributed by atoms with van der Waals surface area (Å²) in [6.07, 6.45) is 1.94. The Morgan fingerprint density at radius 1 is 1.11 bits per heavy atom. The molecule has 0 aliphatic carbocycles. The van der Waals surface area contributed by atoms with Crippen LogP contribution in [0.4, 0.5) is 4.79 Å². The second-order valence-electron chi connectivity index (χ2n) is 7.31. The highest BCUT2D eigenvalue weighted by molar-refractivity contribution is 7.90. The van der Waals surface area contributed by atoms with Gasteiger partial charge in [-0.3, -0.25) is 4.79 Å². The molecule has 146 valence electrons. The van der Waals surface area contributed by atoms with Crippen LogP contribution in [0.2, 0.25) is 0 Å². The Balaban J connectivity index is 2.13. The molecule has 0 saturated carbocycles. The fraction of sp³-hybridized carbons (Fsp3) is 0.368. The van der Waals surface area contributed by atoms with Crippen molar-refractivity contribution in [3.63, 3.8) is 0 Å². The summed E-state index contributed by atoms with van der Waals surface area (Å²) in [5.41, 5.74) is 0.475. The molecule has 1 aromatic carbocycles. The molecule has 0 aliphatic rings. The molecule has 1 aromatic heterocycles. The summed E-state index contributed by atoms with van der Waals surface area (Å²) in [6, 6.07) is 7.86. The van der Waals surface area contributed by atoms with Crippen LogP contribution in [0.3, 0.4) is 0 Å². The molecular weight excluding hydrogens is 368 g/mol. The zero-order chi connectivity index (χ0) is 20.4. The van der Waals surface area contributed by atoms with Gasteiger partial charge in [0.2, 0.25) is 0 Å². The van der Waals surface area contributed by atoms with Gasteiger partial charge in [-0.1, -0.05) is 17.7 Å². The molecule has 0 aliphatic heterocycles. The van der Waals surface area contributed by atoms with Crippen molar-refractivity contribution in [1.29, 1.82) is 0 Å². The van der Waals surface area contributed by atoms with Crippen molar-refractivity contribution < 1.29 is 22.7 Å². The summed E-state index contributed by atoms with van der Waals surface area (Å²) in [4.78, 5) is 25.6. The fourth-order valence-electron chi connectivity index (χ4n) is 2.23. The first-order chi connectivity index (χ1) is 12.4. The lowest BCUT2D eigenvalue weighted by molar-refractivity contribution is 0.0294. The van der Waals surface area contributed by atoms with E-state index in [-0.39, 0.29) is 22.8 Å². The first-order valence-corrected chi connectivity index (χ1v) is 9.82. The monoisotopic (exact) mass is 392 g/mol. The van der Waals surface area contributed by atoms with E-state index in [1.54, 1.807) is 32.9 Å². The number of ketones is 1. The predicted molar refractivity (Wildman–Crippen MR) is 101 cm³/mol. The van der Waals surface area contributed by atoms with E-state index in [4.69, 9.17) is 4.74 Å². The number of likely N-dealkylation sites (N-methyl/N-ethyl adjacent to an activating group) is 1. The van der Waals surface area contributed by atoms with Crippen molar-refractivity contribution in [3.05, 3.63) is 53.9 Å². The second kappa shape index (κ2) is 7.56. The summed E-state index contributed by atoms with van der Waals surface area (Å²) in [5, 5.41) is 0. The number of hydrogen-bond acceptors (Lipinski definition) is 5. The predicted octanol–water partition coefficient (Wildman–Crippen LogP) is 3.08. The summed E-state index contributed by atoms with van der Waals surface area (Å²) in [7, 11) is -2.33. The summed E-state index contributed by atoms with van der Waals surface area (Å²) in [6.45, 7) is 6.84. The fourth-order valence-corrected chi connectivity index (χ4v) is 3.43. The standard InChI is InChI=1S/C19H24N2O5S/c1-14-6-8-16(9-7-14)27(24,25)21-11-10-15(12-21)17(22)13-20(5)18(23)26-19(2,3)4/h6-12H,13H2,1-5H3. The summed E-state index contributed by atoms with van der Waals surface area (Å²) >= 11 is 0. The van der Waals surface area contributed by atoms with Gasteiger partial charge in [0, 0.05) is 25.0 Å². The van der Waals surface area contributed by atoms with Gasteiger partial charge in [0.25, 0.3) is 10.0 Å². The number of ether oxygens (including phenoxy) is 1. The van der Waals surface area contributed by atoms with Crippen molar-refractivity contribution in [2.45, 2.75) is 38.2 Å². The van der Waals surface area contributed by atoms with E-state index in [1.807, 2.05) is 6.92 Å². The number of carbonyl (C=O) groups is 2. The Bertz CT molecular complexity index is 937. The van der Waals surface area contributed by atoms with E-state index in [9.17, 15) is 18.0 Å². The molecule has 0 N–H and O–H groups in total. The van der Waals surface area contributed by atoms with Crippen LogP contribution < -0.4 is 0 Å². The van der Waals surface area contributed by atoms with Crippen molar-refractivity contribution in [2.75, 3.05) is 13.6 Å². The van der Waals surface area contributed by atoms with Gasteiger partial charge in [-0.2, -0.15) is 0 Å². The molecule has 1 heterocycles. The molecule has 7 nitrogen and oxygen atoms in total. The van der Waals surface area contributed by atoms with Gasteiger partial charge in [0.05, 0.1) is 11.4 Å². The van der Waals surface area contributed by atoms with Crippen LogP contribution in [0.25, 0.3) is 0 Å².